The average Bonchev–Trinajstić information content (AvgIpc) is 3.26. The molecule has 170 valence electrons. The summed E-state index contributed by atoms with van der Waals surface area (Å²) in [6.45, 7) is 0.283. The largest absolute Gasteiger partial charge is 0.497 e. The van der Waals surface area contributed by atoms with E-state index in [-0.39, 0.29) is 36.3 Å². The van der Waals surface area contributed by atoms with Gasteiger partial charge in [-0.05, 0) is 53.1 Å². The van der Waals surface area contributed by atoms with E-state index < -0.39 is 6.23 Å². The highest BCUT2D eigenvalue weighted by Crippen LogP contribution is 2.45. The van der Waals surface area contributed by atoms with Crippen molar-refractivity contribution in [1.82, 2.24) is 10.9 Å². The summed E-state index contributed by atoms with van der Waals surface area (Å²) >= 11 is 0. The summed E-state index contributed by atoms with van der Waals surface area (Å²) in [6, 6.07) is 22.0. The number of rotatable bonds is 6. The molecule has 0 saturated carbocycles. The number of fused-ring (bicyclic) bond motifs is 1. The van der Waals surface area contributed by atoms with Gasteiger partial charge in [-0.2, -0.15) is 0 Å². The molecule has 0 spiro atoms. The standard InChI is InChI=1S/C26H25FN2O4/c1-31-20-9-7-18(8-10-20)25-24-22(14-23(30)33-26(24)29-28-25)17-5-11-21(12-6-17)32-15-16-3-2-4-19(27)13-16/h2-13,22,24-26,28-29H,14-15H2,1H3. The first-order valence-electron chi connectivity index (χ1n) is 10.9. The lowest BCUT2D eigenvalue weighted by molar-refractivity contribution is -0.160. The molecule has 7 heteroatoms. The number of ether oxygens (including phenoxy) is 3. The Hall–Kier alpha value is -3.42. The van der Waals surface area contributed by atoms with Crippen LogP contribution in [-0.2, 0) is 16.1 Å². The summed E-state index contributed by atoms with van der Waals surface area (Å²) in [4.78, 5) is 12.3. The second kappa shape index (κ2) is 9.21. The summed E-state index contributed by atoms with van der Waals surface area (Å²) in [5, 5.41) is 0. The lowest BCUT2D eigenvalue weighted by Gasteiger charge is -2.35. The fourth-order valence-electron chi connectivity index (χ4n) is 4.66. The summed E-state index contributed by atoms with van der Waals surface area (Å²) in [6.07, 6.45) is -0.104. The molecule has 4 unspecified atom stereocenters. The lowest BCUT2D eigenvalue weighted by Crippen LogP contribution is -2.42. The van der Waals surface area contributed by atoms with E-state index in [2.05, 4.69) is 10.9 Å². The highest BCUT2D eigenvalue weighted by Gasteiger charge is 2.48. The van der Waals surface area contributed by atoms with E-state index in [0.717, 1.165) is 22.4 Å². The molecular formula is C26H25FN2O4. The minimum atomic E-state index is -0.410. The summed E-state index contributed by atoms with van der Waals surface area (Å²) in [5.74, 6) is 0.972. The number of hydrazine groups is 1. The maximum Gasteiger partial charge on any atom is 0.308 e. The first kappa shape index (κ1) is 21.4. The number of halogens is 1. The monoisotopic (exact) mass is 448 g/mol. The second-order valence-electron chi connectivity index (χ2n) is 8.33. The number of hydrogen-bond donors (Lipinski definition) is 2. The van der Waals surface area contributed by atoms with Gasteiger partial charge in [0.2, 0.25) is 0 Å². The molecule has 0 radical (unpaired) electrons. The van der Waals surface area contributed by atoms with Crippen LogP contribution < -0.4 is 20.3 Å². The van der Waals surface area contributed by atoms with Crippen LogP contribution in [0.3, 0.4) is 0 Å². The molecule has 3 aromatic rings. The zero-order chi connectivity index (χ0) is 22.8. The third-order valence-electron chi connectivity index (χ3n) is 6.30. The van der Waals surface area contributed by atoms with Crippen LogP contribution in [0.4, 0.5) is 4.39 Å². The van der Waals surface area contributed by atoms with Crippen molar-refractivity contribution >= 4 is 5.97 Å². The number of benzene rings is 3. The molecule has 6 nitrogen and oxygen atoms in total. The Labute approximate surface area is 191 Å². The van der Waals surface area contributed by atoms with Crippen molar-refractivity contribution in [2.45, 2.75) is 31.2 Å². The minimum Gasteiger partial charge on any atom is -0.497 e. The molecule has 2 N–H and O–H groups in total. The van der Waals surface area contributed by atoms with Crippen molar-refractivity contribution in [1.29, 1.82) is 0 Å². The Kier molecular flexibility index (Phi) is 5.98. The highest BCUT2D eigenvalue weighted by atomic mass is 19.1. The van der Waals surface area contributed by atoms with Crippen LogP contribution in [0.5, 0.6) is 11.5 Å². The summed E-state index contributed by atoms with van der Waals surface area (Å²) in [7, 11) is 1.64. The Morgan fingerprint density at radius 3 is 2.42 bits per heavy atom. The van der Waals surface area contributed by atoms with Gasteiger partial charge in [0, 0.05) is 11.8 Å². The van der Waals surface area contributed by atoms with Crippen molar-refractivity contribution in [3.05, 3.63) is 95.3 Å². The normalized spacial score (nSPS) is 24.1. The third-order valence-corrected chi connectivity index (χ3v) is 6.30. The van der Waals surface area contributed by atoms with E-state index in [0.29, 0.717) is 12.2 Å². The van der Waals surface area contributed by atoms with Crippen LogP contribution in [0.1, 0.15) is 35.1 Å². The molecule has 5 rings (SSSR count). The number of hydrogen-bond acceptors (Lipinski definition) is 6. The van der Waals surface area contributed by atoms with Crippen molar-refractivity contribution < 1.29 is 23.4 Å². The van der Waals surface area contributed by atoms with Gasteiger partial charge in [0.05, 0.1) is 19.6 Å². The molecule has 0 bridgehead atoms. The van der Waals surface area contributed by atoms with Crippen LogP contribution in [0.25, 0.3) is 0 Å². The van der Waals surface area contributed by atoms with Gasteiger partial charge in [-0.3, -0.25) is 4.79 Å². The fraction of sp³-hybridized carbons (Fsp3) is 0.269. The first-order valence-corrected chi connectivity index (χ1v) is 10.9. The quantitative estimate of drug-likeness (QED) is 0.550. The molecule has 0 aliphatic carbocycles. The van der Waals surface area contributed by atoms with Crippen molar-refractivity contribution in [2.75, 3.05) is 7.11 Å². The first-order chi connectivity index (χ1) is 16.1. The van der Waals surface area contributed by atoms with E-state index in [4.69, 9.17) is 14.2 Å². The Morgan fingerprint density at radius 2 is 1.70 bits per heavy atom. The maximum atomic E-state index is 13.4. The zero-order valence-corrected chi connectivity index (χ0v) is 18.2. The average molecular weight is 448 g/mol. The van der Waals surface area contributed by atoms with E-state index >= 15 is 0 Å². The number of nitrogens with one attached hydrogen (secondary N) is 2. The van der Waals surface area contributed by atoms with Crippen LogP contribution >= 0.6 is 0 Å². The van der Waals surface area contributed by atoms with Gasteiger partial charge in [0.15, 0.2) is 6.23 Å². The number of carbonyl (C=O) groups excluding carboxylic acids is 1. The molecule has 2 saturated heterocycles. The Morgan fingerprint density at radius 1 is 0.970 bits per heavy atom. The predicted octanol–water partition coefficient (Wildman–Crippen LogP) is 4.24. The molecule has 2 aliphatic heterocycles. The summed E-state index contributed by atoms with van der Waals surface area (Å²) in [5.41, 5.74) is 9.35. The molecule has 4 atom stereocenters. The molecule has 0 amide bonds. The van der Waals surface area contributed by atoms with Gasteiger partial charge in [-0.1, -0.05) is 36.4 Å². The smallest absolute Gasteiger partial charge is 0.308 e. The molecule has 2 fully saturated rings. The molecule has 0 aromatic heterocycles. The third kappa shape index (κ3) is 4.55. The van der Waals surface area contributed by atoms with Crippen molar-refractivity contribution in [3.8, 4) is 11.5 Å². The van der Waals surface area contributed by atoms with Crippen molar-refractivity contribution in [2.24, 2.45) is 5.92 Å². The number of carbonyl (C=O) groups is 1. The van der Waals surface area contributed by atoms with Crippen LogP contribution in [-0.4, -0.2) is 19.3 Å². The van der Waals surface area contributed by atoms with E-state index in [1.807, 2.05) is 54.6 Å². The SMILES string of the molecule is COc1ccc(C2NNC3OC(=O)CC(c4ccc(OCc5cccc(F)c5)cc4)C32)cc1. The maximum absolute atomic E-state index is 13.4. The summed E-state index contributed by atoms with van der Waals surface area (Å²) < 4.78 is 30.0. The van der Waals surface area contributed by atoms with Crippen LogP contribution in [0.15, 0.2) is 72.8 Å². The lowest BCUT2D eigenvalue weighted by atomic mass is 9.76. The van der Waals surface area contributed by atoms with Gasteiger partial charge >= 0.3 is 5.97 Å². The van der Waals surface area contributed by atoms with E-state index in [1.165, 1.54) is 12.1 Å². The molecule has 3 aromatic carbocycles. The Balaban J connectivity index is 1.34. The minimum absolute atomic E-state index is 0.0233. The van der Waals surface area contributed by atoms with Gasteiger partial charge in [-0.15, -0.1) is 0 Å². The van der Waals surface area contributed by atoms with Crippen LogP contribution in [0, 0.1) is 11.7 Å². The topological polar surface area (TPSA) is 68.8 Å². The number of methoxy groups -OCH3 is 1. The fourth-order valence-corrected chi connectivity index (χ4v) is 4.66. The van der Waals surface area contributed by atoms with Gasteiger partial charge in [0.1, 0.15) is 23.9 Å². The molecule has 33 heavy (non-hydrogen) atoms. The molecular weight excluding hydrogens is 423 g/mol. The second-order valence-corrected chi connectivity index (χ2v) is 8.33. The van der Waals surface area contributed by atoms with Gasteiger partial charge in [0.25, 0.3) is 0 Å². The van der Waals surface area contributed by atoms with E-state index in [9.17, 15) is 9.18 Å². The van der Waals surface area contributed by atoms with E-state index in [1.54, 1.807) is 13.2 Å². The van der Waals surface area contributed by atoms with Gasteiger partial charge in [-0.25, -0.2) is 15.2 Å². The highest BCUT2D eigenvalue weighted by molar-refractivity contribution is 5.72. The zero-order valence-electron chi connectivity index (χ0n) is 18.2. The predicted molar refractivity (Wildman–Crippen MR) is 120 cm³/mol. The van der Waals surface area contributed by atoms with Crippen LogP contribution in [0.2, 0.25) is 0 Å². The Bertz CT molecular complexity index is 1120. The van der Waals surface area contributed by atoms with Gasteiger partial charge < -0.3 is 14.2 Å². The molecule has 2 heterocycles. The molecule has 2 aliphatic rings. The number of esters is 1. The van der Waals surface area contributed by atoms with Crippen molar-refractivity contribution in [3.63, 3.8) is 0 Å².